The summed E-state index contributed by atoms with van der Waals surface area (Å²) < 4.78 is 0.677. The van der Waals surface area contributed by atoms with E-state index < -0.39 is 24.3 Å². The number of nitrogens with zero attached hydrogens (tertiary/aromatic N) is 2. The zero-order valence-electron chi connectivity index (χ0n) is 16.7. The Hall–Kier alpha value is -3.85. The second kappa shape index (κ2) is 9.11. The molecular weight excluding hydrogens is 476 g/mol. The molecule has 1 aromatic heterocycles. The Morgan fingerprint density at radius 1 is 0.969 bits per heavy atom. The molecule has 0 radical (unpaired) electrons. The molecule has 0 saturated carbocycles. The molecule has 1 aliphatic heterocycles. The lowest BCUT2D eigenvalue weighted by atomic mass is 10.1. The van der Waals surface area contributed by atoms with Gasteiger partial charge in [-0.25, -0.2) is 0 Å². The van der Waals surface area contributed by atoms with Crippen molar-refractivity contribution < 1.29 is 19.2 Å². The van der Waals surface area contributed by atoms with Crippen LogP contribution in [0, 0.1) is 0 Å². The minimum Gasteiger partial charge on any atom is -0.348 e. The van der Waals surface area contributed by atoms with E-state index >= 15 is 0 Å². The maximum atomic E-state index is 12.5. The van der Waals surface area contributed by atoms with Crippen LogP contribution in [0.1, 0.15) is 36.6 Å². The van der Waals surface area contributed by atoms with Gasteiger partial charge in [-0.1, -0.05) is 28.1 Å². The first-order valence-corrected chi connectivity index (χ1v) is 10.4. The molecule has 0 bridgehead atoms. The van der Waals surface area contributed by atoms with Gasteiger partial charge in [0.25, 0.3) is 17.7 Å². The standard InChI is InChI=1S/C23H17BrN4O4/c24-16-6-7-18-19(10-16)23(32)28(22(18)31)13-20(29)27-17-5-1-3-14(9-17)11-26-21(30)15-4-2-8-25-12-15/h1-10,12H,11,13H2,(H,26,30)(H,27,29). The summed E-state index contributed by atoms with van der Waals surface area (Å²) >= 11 is 3.28. The summed E-state index contributed by atoms with van der Waals surface area (Å²) in [6.45, 7) is -0.142. The second-order valence-electron chi connectivity index (χ2n) is 7.06. The number of aromatic nitrogens is 1. The highest BCUT2D eigenvalue weighted by atomic mass is 79.9. The third-order valence-electron chi connectivity index (χ3n) is 4.82. The van der Waals surface area contributed by atoms with Gasteiger partial charge in [0.1, 0.15) is 6.54 Å². The average molecular weight is 493 g/mol. The van der Waals surface area contributed by atoms with Gasteiger partial charge in [-0.2, -0.15) is 0 Å². The maximum Gasteiger partial charge on any atom is 0.262 e. The number of fused-ring (bicyclic) bond motifs is 1. The van der Waals surface area contributed by atoms with Crippen LogP contribution in [0.5, 0.6) is 0 Å². The third-order valence-corrected chi connectivity index (χ3v) is 5.32. The van der Waals surface area contributed by atoms with E-state index in [-0.39, 0.29) is 23.6 Å². The van der Waals surface area contributed by atoms with Crippen LogP contribution in [0.25, 0.3) is 0 Å². The van der Waals surface area contributed by atoms with Crippen molar-refractivity contribution >= 4 is 45.2 Å². The first-order valence-electron chi connectivity index (χ1n) is 9.65. The van der Waals surface area contributed by atoms with E-state index in [9.17, 15) is 19.2 Å². The summed E-state index contributed by atoms with van der Waals surface area (Å²) in [5.74, 6) is -1.77. The summed E-state index contributed by atoms with van der Waals surface area (Å²) in [6.07, 6.45) is 3.06. The van der Waals surface area contributed by atoms with Gasteiger partial charge >= 0.3 is 0 Å². The molecule has 4 rings (SSSR count). The summed E-state index contributed by atoms with van der Waals surface area (Å²) in [7, 11) is 0. The summed E-state index contributed by atoms with van der Waals surface area (Å²) in [5, 5.41) is 5.48. The molecule has 8 nitrogen and oxygen atoms in total. The predicted octanol–water partition coefficient (Wildman–Crippen LogP) is 3.01. The maximum absolute atomic E-state index is 12.5. The van der Waals surface area contributed by atoms with Crippen molar-refractivity contribution in [2.45, 2.75) is 6.54 Å². The molecule has 2 heterocycles. The first kappa shape index (κ1) is 21.4. The number of nitrogens with one attached hydrogen (secondary N) is 2. The number of anilines is 1. The van der Waals surface area contributed by atoms with Crippen molar-refractivity contribution in [1.29, 1.82) is 0 Å². The average Bonchev–Trinajstić information content (AvgIpc) is 3.02. The zero-order chi connectivity index (χ0) is 22.7. The van der Waals surface area contributed by atoms with Crippen molar-refractivity contribution in [2.24, 2.45) is 0 Å². The van der Waals surface area contributed by atoms with E-state index in [0.29, 0.717) is 15.7 Å². The van der Waals surface area contributed by atoms with E-state index in [4.69, 9.17) is 0 Å². The Labute approximate surface area is 191 Å². The number of halogens is 1. The molecule has 0 aliphatic carbocycles. The fraction of sp³-hybridized carbons (Fsp3) is 0.0870. The normalized spacial score (nSPS) is 12.5. The number of benzene rings is 2. The second-order valence-corrected chi connectivity index (χ2v) is 7.97. The molecule has 9 heteroatoms. The largest absolute Gasteiger partial charge is 0.348 e. The van der Waals surface area contributed by atoms with Crippen LogP contribution in [0.15, 0.2) is 71.5 Å². The van der Waals surface area contributed by atoms with Crippen LogP contribution in [-0.2, 0) is 11.3 Å². The molecule has 160 valence electrons. The fourth-order valence-electron chi connectivity index (χ4n) is 3.29. The molecule has 2 aromatic carbocycles. The molecule has 3 aromatic rings. The SMILES string of the molecule is O=C(CN1C(=O)c2ccc(Br)cc2C1=O)Nc1cccc(CNC(=O)c2cccnc2)c1. The van der Waals surface area contributed by atoms with Crippen LogP contribution < -0.4 is 10.6 Å². The smallest absolute Gasteiger partial charge is 0.262 e. The van der Waals surface area contributed by atoms with Crippen molar-refractivity contribution in [3.05, 3.63) is 93.7 Å². The Bertz CT molecular complexity index is 1230. The molecule has 0 saturated heterocycles. The zero-order valence-corrected chi connectivity index (χ0v) is 18.3. The summed E-state index contributed by atoms with van der Waals surface area (Å²) in [5.41, 5.74) is 2.25. The lowest BCUT2D eigenvalue weighted by Gasteiger charge is -2.14. The van der Waals surface area contributed by atoms with Crippen LogP contribution in [-0.4, -0.2) is 40.1 Å². The molecule has 0 atom stereocenters. The van der Waals surface area contributed by atoms with Gasteiger partial charge in [0.05, 0.1) is 16.7 Å². The van der Waals surface area contributed by atoms with Crippen LogP contribution in [0.2, 0.25) is 0 Å². The molecule has 32 heavy (non-hydrogen) atoms. The molecule has 0 unspecified atom stereocenters. The van der Waals surface area contributed by atoms with E-state index in [1.807, 2.05) is 0 Å². The van der Waals surface area contributed by atoms with Crippen LogP contribution in [0.4, 0.5) is 5.69 Å². The highest BCUT2D eigenvalue weighted by Crippen LogP contribution is 2.26. The van der Waals surface area contributed by atoms with Crippen LogP contribution >= 0.6 is 15.9 Å². The fourth-order valence-corrected chi connectivity index (χ4v) is 3.65. The van der Waals surface area contributed by atoms with Gasteiger partial charge in [-0.05, 0) is 48.0 Å². The number of amides is 4. The first-order chi connectivity index (χ1) is 15.4. The molecule has 4 amide bonds. The quantitative estimate of drug-likeness (QED) is 0.514. The van der Waals surface area contributed by atoms with Crippen molar-refractivity contribution in [3.63, 3.8) is 0 Å². The number of carbonyl (C=O) groups is 4. The number of rotatable bonds is 6. The lowest BCUT2D eigenvalue weighted by Crippen LogP contribution is -2.37. The number of pyridine rings is 1. The lowest BCUT2D eigenvalue weighted by molar-refractivity contribution is -0.116. The predicted molar refractivity (Wildman–Crippen MR) is 120 cm³/mol. The van der Waals surface area contributed by atoms with Crippen molar-refractivity contribution in [2.75, 3.05) is 11.9 Å². The third kappa shape index (κ3) is 4.57. The van der Waals surface area contributed by atoms with Gasteiger partial charge in [-0.3, -0.25) is 29.1 Å². The summed E-state index contributed by atoms with van der Waals surface area (Å²) in [4.78, 5) is 54.5. The monoisotopic (exact) mass is 492 g/mol. The Morgan fingerprint density at radius 3 is 2.56 bits per heavy atom. The van der Waals surface area contributed by atoms with Gasteiger partial charge in [-0.15, -0.1) is 0 Å². The molecular formula is C23H17BrN4O4. The van der Waals surface area contributed by atoms with Gasteiger partial charge in [0.15, 0.2) is 0 Å². The topological polar surface area (TPSA) is 108 Å². The van der Waals surface area contributed by atoms with Gasteiger partial charge < -0.3 is 10.6 Å². The molecule has 0 fully saturated rings. The number of hydrogen-bond acceptors (Lipinski definition) is 5. The number of carbonyl (C=O) groups excluding carboxylic acids is 4. The minimum atomic E-state index is -0.506. The molecule has 2 N–H and O–H groups in total. The van der Waals surface area contributed by atoms with Crippen molar-refractivity contribution in [1.82, 2.24) is 15.2 Å². The number of hydrogen-bond donors (Lipinski definition) is 2. The van der Waals surface area contributed by atoms with E-state index in [2.05, 4.69) is 31.5 Å². The number of imide groups is 1. The van der Waals surface area contributed by atoms with E-state index in [1.54, 1.807) is 60.8 Å². The molecule has 0 spiro atoms. The Morgan fingerprint density at radius 2 is 1.78 bits per heavy atom. The Balaban J connectivity index is 1.36. The van der Waals surface area contributed by atoms with Gasteiger partial charge in [0.2, 0.25) is 5.91 Å². The summed E-state index contributed by atoms with van der Waals surface area (Å²) in [6, 6.07) is 15.1. The molecule has 1 aliphatic rings. The van der Waals surface area contributed by atoms with Gasteiger partial charge in [0, 0.05) is 29.1 Å². The minimum absolute atomic E-state index is 0.255. The van der Waals surface area contributed by atoms with E-state index in [1.165, 1.54) is 6.20 Å². The Kier molecular flexibility index (Phi) is 6.09. The van der Waals surface area contributed by atoms with Crippen molar-refractivity contribution in [3.8, 4) is 0 Å². The highest BCUT2D eigenvalue weighted by Gasteiger charge is 2.36. The highest BCUT2D eigenvalue weighted by molar-refractivity contribution is 9.10. The van der Waals surface area contributed by atoms with Crippen LogP contribution in [0.3, 0.4) is 0 Å². The van der Waals surface area contributed by atoms with E-state index in [0.717, 1.165) is 10.5 Å².